The highest BCUT2D eigenvalue weighted by molar-refractivity contribution is 9.10. The van der Waals surface area contributed by atoms with Crippen molar-refractivity contribution < 1.29 is 9.18 Å². The number of benzene rings is 1. The molecule has 1 aromatic carbocycles. The number of hydrogen-bond acceptors (Lipinski definition) is 2. The van der Waals surface area contributed by atoms with Gasteiger partial charge in [-0.3, -0.25) is 10.2 Å². The van der Waals surface area contributed by atoms with Crippen LogP contribution in [0.2, 0.25) is 0 Å². The molecule has 0 aromatic heterocycles. The largest absolute Gasteiger partial charge is 0.294 e. The maximum absolute atomic E-state index is 12.6. The molecule has 0 atom stereocenters. The zero-order chi connectivity index (χ0) is 9.84. The molecule has 1 aromatic rings. The zero-order valence-corrected chi connectivity index (χ0v) is 8.27. The van der Waals surface area contributed by atoms with Gasteiger partial charge in [0.15, 0.2) is 0 Å². The van der Waals surface area contributed by atoms with E-state index in [2.05, 4.69) is 15.9 Å². The van der Waals surface area contributed by atoms with Gasteiger partial charge in [0.05, 0.1) is 6.42 Å². The SMILES string of the molecule is NNC(=O)Cc1ccc(F)cc1Br. The summed E-state index contributed by atoms with van der Waals surface area (Å²) in [6, 6.07) is 4.14. The van der Waals surface area contributed by atoms with Gasteiger partial charge in [-0.15, -0.1) is 0 Å². The zero-order valence-electron chi connectivity index (χ0n) is 6.68. The molecule has 1 rings (SSSR count). The van der Waals surface area contributed by atoms with Gasteiger partial charge < -0.3 is 0 Å². The van der Waals surface area contributed by atoms with Crippen LogP contribution in [0.15, 0.2) is 22.7 Å². The van der Waals surface area contributed by atoms with E-state index >= 15 is 0 Å². The Labute approximate surface area is 83.2 Å². The Morgan fingerprint density at radius 2 is 2.31 bits per heavy atom. The van der Waals surface area contributed by atoms with Crippen LogP contribution in [0, 0.1) is 5.82 Å². The Morgan fingerprint density at radius 3 is 2.85 bits per heavy atom. The standard InChI is InChI=1S/C8H8BrFN2O/c9-7-4-6(10)2-1-5(7)3-8(13)12-11/h1-2,4H,3,11H2,(H,12,13). The average Bonchev–Trinajstić information content (AvgIpc) is 2.09. The Kier molecular flexibility index (Phi) is 3.39. The second kappa shape index (κ2) is 4.34. The molecule has 0 spiro atoms. The Bertz CT molecular complexity index is 330. The molecule has 0 unspecified atom stereocenters. The number of carbonyl (C=O) groups excluding carboxylic acids is 1. The van der Waals surface area contributed by atoms with Gasteiger partial charge >= 0.3 is 0 Å². The van der Waals surface area contributed by atoms with Crippen molar-refractivity contribution in [1.82, 2.24) is 5.43 Å². The lowest BCUT2D eigenvalue weighted by molar-refractivity contribution is -0.120. The summed E-state index contributed by atoms with van der Waals surface area (Å²) < 4.78 is 13.2. The average molecular weight is 247 g/mol. The highest BCUT2D eigenvalue weighted by Crippen LogP contribution is 2.18. The van der Waals surface area contributed by atoms with Gasteiger partial charge in [-0.05, 0) is 17.7 Å². The summed E-state index contributed by atoms with van der Waals surface area (Å²) >= 11 is 3.14. The Morgan fingerprint density at radius 1 is 1.62 bits per heavy atom. The van der Waals surface area contributed by atoms with E-state index < -0.39 is 0 Å². The molecule has 5 heteroatoms. The number of nitrogens with one attached hydrogen (secondary N) is 1. The van der Waals surface area contributed by atoms with Crippen molar-refractivity contribution in [3.63, 3.8) is 0 Å². The van der Waals surface area contributed by atoms with Crippen LogP contribution in [0.1, 0.15) is 5.56 Å². The van der Waals surface area contributed by atoms with E-state index in [0.29, 0.717) is 10.0 Å². The van der Waals surface area contributed by atoms with Gasteiger partial charge in [0.25, 0.3) is 0 Å². The number of nitrogens with two attached hydrogens (primary N) is 1. The van der Waals surface area contributed by atoms with E-state index in [1.54, 1.807) is 0 Å². The van der Waals surface area contributed by atoms with E-state index in [0.717, 1.165) is 0 Å². The maximum atomic E-state index is 12.6. The summed E-state index contributed by atoms with van der Waals surface area (Å²) in [5.74, 6) is 4.25. The van der Waals surface area contributed by atoms with Crippen molar-refractivity contribution in [2.75, 3.05) is 0 Å². The lowest BCUT2D eigenvalue weighted by Crippen LogP contribution is -2.31. The summed E-state index contributed by atoms with van der Waals surface area (Å²) in [4.78, 5) is 10.9. The van der Waals surface area contributed by atoms with Crippen LogP contribution < -0.4 is 11.3 Å². The fourth-order valence-electron chi connectivity index (χ4n) is 0.889. The molecule has 0 aliphatic heterocycles. The van der Waals surface area contributed by atoms with Crippen molar-refractivity contribution in [3.8, 4) is 0 Å². The van der Waals surface area contributed by atoms with E-state index in [1.165, 1.54) is 18.2 Å². The van der Waals surface area contributed by atoms with Crippen molar-refractivity contribution in [1.29, 1.82) is 0 Å². The molecule has 0 saturated carbocycles. The van der Waals surface area contributed by atoms with E-state index in [4.69, 9.17) is 5.84 Å². The van der Waals surface area contributed by atoms with Crippen molar-refractivity contribution in [2.24, 2.45) is 5.84 Å². The number of amides is 1. The fourth-order valence-corrected chi connectivity index (χ4v) is 1.38. The maximum Gasteiger partial charge on any atom is 0.238 e. The van der Waals surface area contributed by atoms with Gasteiger partial charge in [-0.1, -0.05) is 22.0 Å². The molecule has 70 valence electrons. The van der Waals surface area contributed by atoms with Crippen LogP contribution in [0.4, 0.5) is 4.39 Å². The second-order valence-electron chi connectivity index (χ2n) is 2.48. The first kappa shape index (κ1) is 10.1. The molecule has 1 amide bonds. The van der Waals surface area contributed by atoms with Crippen LogP contribution in [-0.2, 0) is 11.2 Å². The smallest absolute Gasteiger partial charge is 0.238 e. The van der Waals surface area contributed by atoms with Gasteiger partial charge in [0, 0.05) is 4.47 Å². The minimum Gasteiger partial charge on any atom is -0.294 e. The summed E-state index contributed by atoms with van der Waals surface area (Å²) in [6.45, 7) is 0. The molecular weight excluding hydrogens is 239 g/mol. The van der Waals surface area contributed by atoms with Gasteiger partial charge in [-0.2, -0.15) is 0 Å². The topological polar surface area (TPSA) is 55.1 Å². The van der Waals surface area contributed by atoms with E-state index in [-0.39, 0.29) is 18.1 Å². The highest BCUT2D eigenvalue weighted by Gasteiger charge is 2.05. The van der Waals surface area contributed by atoms with Gasteiger partial charge in [-0.25, -0.2) is 10.2 Å². The Balaban J connectivity index is 2.83. The van der Waals surface area contributed by atoms with Crippen LogP contribution in [0.25, 0.3) is 0 Å². The third kappa shape index (κ3) is 2.78. The number of rotatable bonds is 2. The summed E-state index contributed by atoms with van der Waals surface area (Å²) in [5.41, 5.74) is 2.70. The molecule has 0 aliphatic rings. The van der Waals surface area contributed by atoms with Gasteiger partial charge in [0.1, 0.15) is 5.82 Å². The minimum atomic E-state index is -0.344. The lowest BCUT2D eigenvalue weighted by atomic mass is 10.1. The molecular formula is C8H8BrFN2O. The summed E-state index contributed by atoms with van der Waals surface area (Å²) in [6.07, 6.45) is 0.136. The molecule has 0 heterocycles. The van der Waals surface area contributed by atoms with Crippen molar-refractivity contribution >= 4 is 21.8 Å². The monoisotopic (exact) mass is 246 g/mol. The molecule has 0 saturated heterocycles. The van der Waals surface area contributed by atoms with Gasteiger partial charge in [0.2, 0.25) is 5.91 Å². The first-order valence-electron chi connectivity index (χ1n) is 3.57. The second-order valence-corrected chi connectivity index (χ2v) is 3.33. The van der Waals surface area contributed by atoms with Crippen LogP contribution in [0.5, 0.6) is 0 Å². The highest BCUT2D eigenvalue weighted by atomic mass is 79.9. The molecule has 13 heavy (non-hydrogen) atoms. The first-order valence-corrected chi connectivity index (χ1v) is 4.36. The Hall–Kier alpha value is -0.940. The van der Waals surface area contributed by atoms with E-state index in [9.17, 15) is 9.18 Å². The molecule has 3 N–H and O–H groups in total. The van der Waals surface area contributed by atoms with Crippen molar-refractivity contribution in [3.05, 3.63) is 34.1 Å². The quantitative estimate of drug-likeness (QED) is 0.467. The van der Waals surface area contributed by atoms with Crippen LogP contribution in [0.3, 0.4) is 0 Å². The van der Waals surface area contributed by atoms with E-state index in [1.807, 2.05) is 5.43 Å². The molecule has 0 radical (unpaired) electrons. The molecule has 3 nitrogen and oxygen atoms in total. The summed E-state index contributed by atoms with van der Waals surface area (Å²) in [5, 5.41) is 0. The number of halogens is 2. The predicted octanol–water partition coefficient (Wildman–Crippen LogP) is 1.12. The lowest BCUT2D eigenvalue weighted by Gasteiger charge is -2.02. The third-order valence-corrected chi connectivity index (χ3v) is 2.27. The van der Waals surface area contributed by atoms with Crippen molar-refractivity contribution in [2.45, 2.75) is 6.42 Å². The summed E-state index contributed by atoms with van der Waals surface area (Å²) in [7, 11) is 0. The molecule has 0 bridgehead atoms. The first-order chi connectivity index (χ1) is 6.13. The number of hydrazine groups is 1. The van der Waals surface area contributed by atoms with Crippen LogP contribution in [-0.4, -0.2) is 5.91 Å². The molecule has 0 aliphatic carbocycles. The molecule has 0 fully saturated rings. The number of carbonyl (C=O) groups is 1. The third-order valence-electron chi connectivity index (χ3n) is 1.53. The normalized spacial score (nSPS) is 9.77. The fraction of sp³-hybridized carbons (Fsp3) is 0.125. The van der Waals surface area contributed by atoms with Crippen LogP contribution >= 0.6 is 15.9 Å². The predicted molar refractivity (Wildman–Crippen MR) is 50.1 cm³/mol. The minimum absolute atomic E-state index is 0.136. The number of hydrogen-bond donors (Lipinski definition) is 2.